The lowest BCUT2D eigenvalue weighted by Crippen LogP contribution is -2.65. The van der Waals surface area contributed by atoms with Crippen molar-refractivity contribution in [2.75, 3.05) is 45.3 Å². The van der Waals surface area contributed by atoms with Crippen LogP contribution in [0.15, 0.2) is 29.3 Å². The molecular weight excluding hydrogens is 358 g/mol. The van der Waals surface area contributed by atoms with Gasteiger partial charge in [-0.25, -0.2) is 9.79 Å². The summed E-state index contributed by atoms with van der Waals surface area (Å²) in [5.74, 6) is 0.604. The lowest BCUT2D eigenvalue weighted by molar-refractivity contribution is -0.138. The summed E-state index contributed by atoms with van der Waals surface area (Å²) in [7, 11) is 3.29. The van der Waals surface area contributed by atoms with Gasteiger partial charge < -0.3 is 19.4 Å². The summed E-state index contributed by atoms with van der Waals surface area (Å²) < 4.78 is 5.08. The van der Waals surface area contributed by atoms with E-state index in [0.29, 0.717) is 6.61 Å². The molecule has 2 unspecified atom stereocenters. The number of carbonyl (C=O) groups is 2. The fraction of sp³-hybridized carbons (Fsp3) is 0.550. The number of methoxy groups -OCH3 is 1. The molecule has 3 aliphatic heterocycles. The number of fused-ring (bicyclic) bond motifs is 3. The first-order valence-electron chi connectivity index (χ1n) is 9.78. The van der Waals surface area contributed by atoms with Gasteiger partial charge in [0.1, 0.15) is 0 Å². The normalized spacial score (nSPS) is 24.9. The first kappa shape index (κ1) is 18.7. The van der Waals surface area contributed by atoms with Gasteiger partial charge in [0, 0.05) is 32.9 Å². The van der Waals surface area contributed by atoms with Crippen LogP contribution in [0.2, 0.25) is 0 Å². The van der Waals surface area contributed by atoms with E-state index in [-0.39, 0.29) is 18.5 Å². The van der Waals surface area contributed by atoms with Gasteiger partial charge in [0.05, 0.1) is 13.2 Å². The van der Waals surface area contributed by atoms with Gasteiger partial charge in [-0.15, -0.1) is 0 Å². The Labute approximate surface area is 165 Å². The lowest BCUT2D eigenvalue weighted by Gasteiger charge is -2.41. The average Bonchev–Trinajstić information content (AvgIpc) is 2.95. The van der Waals surface area contributed by atoms with Gasteiger partial charge in [0.15, 0.2) is 12.2 Å². The van der Waals surface area contributed by atoms with Crippen LogP contribution in [0.1, 0.15) is 18.4 Å². The summed E-state index contributed by atoms with van der Waals surface area (Å²) in [5, 5.41) is 0. The highest BCUT2D eigenvalue weighted by molar-refractivity contribution is 6.07. The molecule has 0 N–H and O–H groups in total. The van der Waals surface area contributed by atoms with E-state index in [4.69, 9.17) is 9.73 Å². The molecule has 150 valence electrons. The molecule has 0 aliphatic carbocycles. The molecule has 1 aromatic rings. The summed E-state index contributed by atoms with van der Waals surface area (Å²) in [6.07, 6.45) is 1.52. The molecule has 8 heteroatoms. The number of amides is 3. The van der Waals surface area contributed by atoms with Crippen LogP contribution in [0.25, 0.3) is 0 Å². The third kappa shape index (κ3) is 3.01. The topological polar surface area (TPSA) is 68.7 Å². The van der Waals surface area contributed by atoms with Crippen LogP contribution in [0.4, 0.5) is 10.5 Å². The molecule has 0 spiro atoms. The maximum atomic E-state index is 13.2. The molecule has 0 saturated carbocycles. The average molecular weight is 385 g/mol. The molecule has 8 nitrogen and oxygen atoms in total. The Bertz CT molecular complexity index is 794. The quantitative estimate of drug-likeness (QED) is 0.786. The molecule has 0 radical (unpaired) electrons. The molecule has 3 amide bonds. The number of aryl methyl sites for hydroxylation is 1. The number of rotatable bonds is 4. The molecule has 0 bridgehead atoms. The number of guanidine groups is 1. The van der Waals surface area contributed by atoms with Crippen molar-refractivity contribution in [1.82, 2.24) is 14.7 Å². The minimum atomic E-state index is -0.486. The van der Waals surface area contributed by atoms with E-state index in [0.717, 1.165) is 37.6 Å². The molecule has 3 heterocycles. The van der Waals surface area contributed by atoms with E-state index in [1.165, 1.54) is 10.5 Å². The summed E-state index contributed by atoms with van der Waals surface area (Å²) in [6.45, 7) is 4.25. The van der Waals surface area contributed by atoms with Crippen molar-refractivity contribution >= 4 is 23.6 Å². The largest absolute Gasteiger partial charge is 0.383 e. The standard InChI is InChI=1S/C20H27N5O3/c1-14-6-8-15(9-7-14)23-10-4-5-11-24-16-17(21-19(23)24)22(2)20(27)25(18(16)26)12-13-28-3/h6-9,16-17H,4-5,10-13H2,1-3H3. The Kier molecular flexibility index (Phi) is 4.97. The van der Waals surface area contributed by atoms with Crippen molar-refractivity contribution in [3.05, 3.63) is 29.8 Å². The molecule has 0 aromatic heterocycles. The highest BCUT2D eigenvalue weighted by atomic mass is 16.5. The van der Waals surface area contributed by atoms with Gasteiger partial charge in [-0.2, -0.15) is 0 Å². The third-order valence-electron chi connectivity index (χ3n) is 5.71. The molecule has 4 rings (SSSR count). The van der Waals surface area contributed by atoms with E-state index in [2.05, 4.69) is 41.0 Å². The van der Waals surface area contributed by atoms with Crippen LogP contribution in [0.3, 0.4) is 0 Å². The first-order chi connectivity index (χ1) is 13.5. The second-order valence-electron chi connectivity index (χ2n) is 7.55. The number of hydrogen-bond acceptors (Lipinski definition) is 6. The molecule has 2 fully saturated rings. The first-order valence-corrected chi connectivity index (χ1v) is 9.78. The van der Waals surface area contributed by atoms with Crippen LogP contribution >= 0.6 is 0 Å². The number of likely N-dealkylation sites (N-methyl/N-ethyl adjacent to an activating group) is 1. The number of hydrogen-bond donors (Lipinski definition) is 0. The van der Waals surface area contributed by atoms with Crippen molar-refractivity contribution < 1.29 is 14.3 Å². The van der Waals surface area contributed by atoms with Crippen molar-refractivity contribution in [3.63, 3.8) is 0 Å². The van der Waals surface area contributed by atoms with E-state index in [1.54, 1.807) is 19.1 Å². The van der Waals surface area contributed by atoms with Gasteiger partial charge >= 0.3 is 6.03 Å². The maximum absolute atomic E-state index is 13.2. The number of urea groups is 1. The van der Waals surface area contributed by atoms with Crippen LogP contribution in [-0.2, 0) is 9.53 Å². The van der Waals surface area contributed by atoms with Gasteiger partial charge in [0.25, 0.3) is 5.91 Å². The van der Waals surface area contributed by atoms with Crippen LogP contribution < -0.4 is 4.90 Å². The molecule has 28 heavy (non-hydrogen) atoms. The number of benzene rings is 1. The van der Waals surface area contributed by atoms with Crippen LogP contribution in [0, 0.1) is 6.92 Å². The van der Waals surface area contributed by atoms with Crippen molar-refractivity contribution in [1.29, 1.82) is 0 Å². The SMILES string of the molecule is COCCN1C(=O)C2C(N=C3N(c4ccc(C)cc4)CCCCN32)N(C)C1=O. The summed E-state index contributed by atoms with van der Waals surface area (Å²) in [6, 6.07) is 7.56. The van der Waals surface area contributed by atoms with E-state index >= 15 is 0 Å². The Hall–Kier alpha value is -2.61. The number of carbonyl (C=O) groups excluding carboxylic acids is 2. The zero-order chi connectivity index (χ0) is 19.8. The number of nitrogens with zero attached hydrogens (tertiary/aromatic N) is 5. The van der Waals surface area contributed by atoms with E-state index < -0.39 is 12.2 Å². The van der Waals surface area contributed by atoms with Crippen LogP contribution in [-0.4, -0.2) is 85.2 Å². The van der Waals surface area contributed by atoms with Gasteiger partial charge in [0.2, 0.25) is 5.96 Å². The number of aliphatic imine (C=N–C) groups is 1. The minimum absolute atomic E-state index is 0.186. The van der Waals surface area contributed by atoms with Crippen LogP contribution in [0.5, 0.6) is 0 Å². The highest BCUT2D eigenvalue weighted by Crippen LogP contribution is 2.32. The third-order valence-corrected chi connectivity index (χ3v) is 5.71. The molecule has 2 saturated heterocycles. The smallest absolute Gasteiger partial charge is 0.328 e. The Morgan fingerprint density at radius 3 is 2.57 bits per heavy atom. The van der Waals surface area contributed by atoms with E-state index in [1.807, 2.05) is 0 Å². The fourth-order valence-corrected chi connectivity index (χ4v) is 4.14. The van der Waals surface area contributed by atoms with Gasteiger partial charge in [-0.05, 0) is 31.9 Å². The monoisotopic (exact) mass is 385 g/mol. The summed E-state index contributed by atoms with van der Waals surface area (Å²) >= 11 is 0. The Morgan fingerprint density at radius 2 is 1.86 bits per heavy atom. The molecule has 2 atom stereocenters. The van der Waals surface area contributed by atoms with Crippen molar-refractivity contribution in [3.8, 4) is 0 Å². The predicted molar refractivity (Wildman–Crippen MR) is 106 cm³/mol. The van der Waals surface area contributed by atoms with Crippen molar-refractivity contribution in [2.24, 2.45) is 4.99 Å². The summed E-state index contributed by atoms with van der Waals surface area (Å²) in [4.78, 5) is 37.9. The zero-order valence-electron chi connectivity index (χ0n) is 16.7. The molecule has 1 aromatic carbocycles. The highest BCUT2D eigenvalue weighted by Gasteiger charge is 2.53. The second kappa shape index (κ2) is 7.43. The minimum Gasteiger partial charge on any atom is -0.383 e. The molecule has 3 aliphatic rings. The number of imide groups is 1. The van der Waals surface area contributed by atoms with Gasteiger partial charge in [-0.1, -0.05) is 17.7 Å². The molecular formula is C20H27N5O3. The fourth-order valence-electron chi connectivity index (χ4n) is 4.14. The van der Waals surface area contributed by atoms with Crippen molar-refractivity contribution in [2.45, 2.75) is 32.0 Å². The maximum Gasteiger partial charge on any atom is 0.328 e. The Balaban J connectivity index is 1.68. The van der Waals surface area contributed by atoms with Gasteiger partial charge in [-0.3, -0.25) is 9.69 Å². The second-order valence-corrected chi connectivity index (χ2v) is 7.55. The summed E-state index contributed by atoms with van der Waals surface area (Å²) in [5.41, 5.74) is 2.26. The number of ether oxygens (including phenoxy) is 1. The Morgan fingerprint density at radius 1 is 1.14 bits per heavy atom. The van der Waals surface area contributed by atoms with E-state index in [9.17, 15) is 9.59 Å². The lowest BCUT2D eigenvalue weighted by atomic mass is 10.1. The zero-order valence-corrected chi connectivity index (χ0v) is 16.7. The predicted octanol–water partition coefficient (Wildman–Crippen LogP) is 1.50. The number of anilines is 1.